The van der Waals surface area contributed by atoms with E-state index in [4.69, 9.17) is 10.5 Å². The van der Waals surface area contributed by atoms with Gasteiger partial charge in [0.1, 0.15) is 0 Å². The third kappa shape index (κ3) is 5.36. The fourth-order valence-corrected chi connectivity index (χ4v) is 2.15. The largest absolute Gasteiger partial charge is 0.468 e. The van der Waals surface area contributed by atoms with Crippen LogP contribution in [0.3, 0.4) is 0 Å². The minimum atomic E-state index is -4.43. The normalized spacial score (nSPS) is 19.3. The summed E-state index contributed by atoms with van der Waals surface area (Å²) in [5, 5.41) is 0. The summed E-state index contributed by atoms with van der Waals surface area (Å²) in [7, 11) is 0. The Kier molecular flexibility index (Phi) is 5.78. The summed E-state index contributed by atoms with van der Waals surface area (Å²) in [5.74, 6) is -0.443. The van der Waals surface area contributed by atoms with Crippen LogP contribution in [0.4, 0.5) is 13.2 Å². The summed E-state index contributed by atoms with van der Waals surface area (Å²) >= 11 is 0. The number of pyridine rings is 1. The van der Waals surface area contributed by atoms with Gasteiger partial charge in [-0.1, -0.05) is 0 Å². The highest BCUT2D eigenvalue weighted by atomic mass is 19.4. The lowest BCUT2D eigenvalue weighted by atomic mass is 10.2. The standard InChI is InChI=1S/C14H18F3N3O3/c15-14(16,17)9-23-12-3-2-10(7-19-12)13(21)20-4-1-5-22-11(6-18)8-20/h2-3,7,11H,1,4-6,8-9,18H2. The van der Waals surface area contributed by atoms with Gasteiger partial charge in [0.2, 0.25) is 5.88 Å². The van der Waals surface area contributed by atoms with Gasteiger partial charge in [-0.3, -0.25) is 4.79 Å². The van der Waals surface area contributed by atoms with Gasteiger partial charge < -0.3 is 20.1 Å². The lowest BCUT2D eigenvalue weighted by Gasteiger charge is -2.23. The first-order valence-electron chi connectivity index (χ1n) is 7.15. The van der Waals surface area contributed by atoms with Gasteiger partial charge in [-0.25, -0.2) is 4.98 Å². The maximum Gasteiger partial charge on any atom is 0.422 e. The average molecular weight is 333 g/mol. The van der Waals surface area contributed by atoms with Crippen LogP contribution in [0, 0.1) is 0 Å². The molecule has 0 aliphatic carbocycles. The molecule has 1 aromatic heterocycles. The lowest BCUT2D eigenvalue weighted by molar-refractivity contribution is -0.154. The Balaban J connectivity index is 1.99. The number of aromatic nitrogens is 1. The molecule has 1 fully saturated rings. The summed E-state index contributed by atoms with van der Waals surface area (Å²) < 4.78 is 46.2. The number of halogens is 3. The predicted octanol–water partition coefficient (Wildman–Crippen LogP) is 1.21. The van der Waals surface area contributed by atoms with Gasteiger partial charge in [-0.05, 0) is 12.5 Å². The predicted molar refractivity (Wildman–Crippen MR) is 75.1 cm³/mol. The second kappa shape index (κ2) is 7.60. The summed E-state index contributed by atoms with van der Waals surface area (Å²) in [4.78, 5) is 17.8. The Labute approximate surface area is 131 Å². The van der Waals surface area contributed by atoms with E-state index in [0.29, 0.717) is 32.7 Å². The second-order valence-electron chi connectivity index (χ2n) is 5.12. The van der Waals surface area contributed by atoms with Crippen molar-refractivity contribution in [2.75, 3.05) is 32.8 Å². The van der Waals surface area contributed by atoms with Crippen molar-refractivity contribution in [1.29, 1.82) is 0 Å². The van der Waals surface area contributed by atoms with Crippen molar-refractivity contribution in [2.24, 2.45) is 5.73 Å². The van der Waals surface area contributed by atoms with Crippen LogP contribution in [-0.2, 0) is 4.74 Å². The fourth-order valence-electron chi connectivity index (χ4n) is 2.15. The molecule has 1 atom stereocenters. The Morgan fingerprint density at radius 1 is 1.48 bits per heavy atom. The molecule has 0 spiro atoms. The summed E-state index contributed by atoms with van der Waals surface area (Å²) in [6.45, 7) is 0.332. The van der Waals surface area contributed by atoms with E-state index in [9.17, 15) is 18.0 Å². The first-order chi connectivity index (χ1) is 10.9. The fraction of sp³-hybridized carbons (Fsp3) is 0.571. The zero-order valence-electron chi connectivity index (χ0n) is 12.4. The van der Waals surface area contributed by atoms with E-state index in [1.54, 1.807) is 4.90 Å². The number of ether oxygens (including phenoxy) is 2. The minimum Gasteiger partial charge on any atom is -0.468 e. The molecular formula is C14H18F3N3O3. The molecule has 2 rings (SSSR count). The van der Waals surface area contributed by atoms with Gasteiger partial charge in [0.15, 0.2) is 6.61 Å². The Morgan fingerprint density at radius 3 is 2.87 bits per heavy atom. The topological polar surface area (TPSA) is 77.7 Å². The third-order valence-corrected chi connectivity index (χ3v) is 3.27. The second-order valence-corrected chi connectivity index (χ2v) is 5.12. The van der Waals surface area contributed by atoms with Crippen molar-refractivity contribution in [3.63, 3.8) is 0 Å². The number of carbonyl (C=O) groups is 1. The molecule has 1 aliphatic heterocycles. The van der Waals surface area contributed by atoms with Gasteiger partial charge in [-0.15, -0.1) is 0 Å². The van der Waals surface area contributed by atoms with Gasteiger partial charge in [-0.2, -0.15) is 13.2 Å². The number of alkyl halides is 3. The molecule has 1 aromatic rings. The molecule has 128 valence electrons. The van der Waals surface area contributed by atoms with Crippen LogP contribution in [0.15, 0.2) is 18.3 Å². The molecule has 1 saturated heterocycles. The third-order valence-electron chi connectivity index (χ3n) is 3.27. The molecule has 6 nitrogen and oxygen atoms in total. The zero-order chi connectivity index (χ0) is 16.9. The van der Waals surface area contributed by atoms with Crippen molar-refractivity contribution >= 4 is 5.91 Å². The van der Waals surface area contributed by atoms with Gasteiger partial charge >= 0.3 is 6.18 Å². The molecule has 0 bridgehead atoms. The van der Waals surface area contributed by atoms with Crippen LogP contribution in [0.2, 0.25) is 0 Å². The van der Waals surface area contributed by atoms with Crippen LogP contribution in [0.25, 0.3) is 0 Å². The quantitative estimate of drug-likeness (QED) is 0.896. The summed E-state index contributed by atoms with van der Waals surface area (Å²) in [6, 6.07) is 2.64. The first kappa shape index (κ1) is 17.5. The number of nitrogens with zero attached hydrogens (tertiary/aromatic N) is 2. The van der Waals surface area contributed by atoms with Gasteiger partial charge in [0, 0.05) is 38.5 Å². The van der Waals surface area contributed by atoms with Gasteiger partial charge in [0.25, 0.3) is 5.91 Å². The van der Waals surface area contributed by atoms with Gasteiger partial charge in [0.05, 0.1) is 11.7 Å². The molecule has 1 amide bonds. The minimum absolute atomic E-state index is 0.182. The monoisotopic (exact) mass is 333 g/mol. The molecule has 0 radical (unpaired) electrons. The SMILES string of the molecule is NCC1CN(C(=O)c2ccc(OCC(F)(F)F)nc2)CCCO1. The molecule has 1 aliphatic rings. The molecule has 0 aromatic carbocycles. The van der Waals surface area contributed by atoms with E-state index in [2.05, 4.69) is 9.72 Å². The number of hydrogen-bond donors (Lipinski definition) is 1. The molecular weight excluding hydrogens is 315 g/mol. The Bertz CT molecular complexity index is 522. The smallest absolute Gasteiger partial charge is 0.422 e. The molecule has 23 heavy (non-hydrogen) atoms. The molecule has 2 heterocycles. The number of carbonyl (C=O) groups excluding carboxylic acids is 1. The highest BCUT2D eigenvalue weighted by Crippen LogP contribution is 2.18. The molecule has 1 unspecified atom stereocenters. The highest BCUT2D eigenvalue weighted by molar-refractivity contribution is 5.94. The summed E-state index contributed by atoms with van der Waals surface area (Å²) in [6.07, 6.45) is -2.75. The number of rotatable bonds is 4. The van der Waals surface area contributed by atoms with E-state index in [1.165, 1.54) is 18.3 Å². The van der Waals surface area contributed by atoms with E-state index in [1.807, 2.05) is 0 Å². The maximum atomic E-state index is 12.4. The van der Waals surface area contributed by atoms with Crippen molar-refractivity contribution < 1.29 is 27.4 Å². The molecule has 2 N–H and O–H groups in total. The van der Waals surface area contributed by atoms with Crippen LogP contribution >= 0.6 is 0 Å². The lowest BCUT2D eigenvalue weighted by Crippen LogP contribution is -2.39. The van der Waals surface area contributed by atoms with E-state index in [0.717, 1.165) is 0 Å². The highest BCUT2D eigenvalue weighted by Gasteiger charge is 2.29. The summed E-state index contributed by atoms with van der Waals surface area (Å²) in [5.41, 5.74) is 5.86. The van der Waals surface area contributed by atoms with Crippen molar-refractivity contribution in [3.05, 3.63) is 23.9 Å². The van der Waals surface area contributed by atoms with Crippen molar-refractivity contribution in [1.82, 2.24) is 9.88 Å². The number of nitrogens with two attached hydrogens (primary N) is 1. The Hall–Kier alpha value is -1.87. The van der Waals surface area contributed by atoms with Crippen LogP contribution in [0.5, 0.6) is 5.88 Å². The number of hydrogen-bond acceptors (Lipinski definition) is 5. The molecule has 0 saturated carbocycles. The van der Waals surface area contributed by atoms with E-state index >= 15 is 0 Å². The molecule has 9 heteroatoms. The van der Waals surface area contributed by atoms with Crippen molar-refractivity contribution in [2.45, 2.75) is 18.7 Å². The van der Waals surface area contributed by atoms with Crippen molar-refractivity contribution in [3.8, 4) is 5.88 Å². The van der Waals surface area contributed by atoms with Crippen LogP contribution in [-0.4, -0.2) is 60.9 Å². The number of amides is 1. The zero-order valence-corrected chi connectivity index (χ0v) is 12.4. The maximum absolute atomic E-state index is 12.4. The van der Waals surface area contributed by atoms with E-state index in [-0.39, 0.29) is 23.5 Å². The van der Waals surface area contributed by atoms with Crippen LogP contribution in [0.1, 0.15) is 16.8 Å². The average Bonchev–Trinajstić information content (AvgIpc) is 2.77. The first-order valence-corrected chi connectivity index (χ1v) is 7.15. The van der Waals surface area contributed by atoms with E-state index < -0.39 is 12.8 Å². The Morgan fingerprint density at radius 2 is 2.26 bits per heavy atom. The van der Waals surface area contributed by atoms with Crippen LogP contribution < -0.4 is 10.5 Å².